The molecule has 7 heteroatoms. The molecule has 0 bridgehead atoms. The smallest absolute Gasteiger partial charge is 0.342 e. The number of carboxylic acids is 1. The lowest BCUT2D eigenvalue weighted by atomic mass is 9.93. The minimum absolute atomic E-state index is 0.0734. The highest BCUT2D eigenvalue weighted by Gasteiger charge is 2.27. The summed E-state index contributed by atoms with van der Waals surface area (Å²) in [6, 6.07) is 6.42. The van der Waals surface area contributed by atoms with Crippen molar-refractivity contribution in [2.45, 2.75) is 0 Å². The third-order valence-electron chi connectivity index (χ3n) is 3.28. The summed E-state index contributed by atoms with van der Waals surface area (Å²) in [4.78, 5) is 23.5. The number of aromatic carboxylic acids is 1. The van der Waals surface area contributed by atoms with Gasteiger partial charge in [0.05, 0.1) is 19.8 Å². The van der Waals surface area contributed by atoms with Crippen LogP contribution in [0, 0.1) is 0 Å². The minimum Gasteiger partial charge on any atom is -0.507 e. The number of carbonyl (C=O) groups is 2. The minimum atomic E-state index is -1.33. The van der Waals surface area contributed by atoms with E-state index >= 15 is 0 Å². The summed E-state index contributed by atoms with van der Waals surface area (Å²) in [5, 5.41) is 29.6. The summed E-state index contributed by atoms with van der Waals surface area (Å²) in [5.41, 5.74) is -0.832. The van der Waals surface area contributed by atoms with Crippen LogP contribution in [0.4, 0.5) is 0 Å². The molecule has 0 saturated carbocycles. The highest BCUT2D eigenvalue weighted by Crippen LogP contribution is 2.43. The molecule has 0 saturated heterocycles. The molecule has 2 aromatic carbocycles. The first-order chi connectivity index (χ1) is 10.9. The molecule has 120 valence electrons. The number of ether oxygens (including phenoxy) is 2. The fraction of sp³-hybridized carbons (Fsp3) is 0.125. The first-order valence-corrected chi connectivity index (χ1v) is 6.46. The summed E-state index contributed by atoms with van der Waals surface area (Å²) < 4.78 is 9.76. The van der Waals surface area contributed by atoms with Crippen LogP contribution in [0.1, 0.15) is 20.7 Å². The van der Waals surface area contributed by atoms with Crippen LogP contribution >= 0.6 is 0 Å². The van der Waals surface area contributed by atoms with Gasteiger partial charge in [-0.2, -0.15) is 0 Å². The topological polar surface area (TPSA) is 113 Å². The van der Waals surface area contributed by atoms with E-state index in [9.17, 15) is 24.9 Å². The predicted octanol–water partition coefficient (Wildman–Crippen LogP) is 2.26. The zero-order chi connectivity index (χ0) is 17.1. The van der Waals surface area contributed by atoms with E-state index in [0.29, 0.717) is 0 Å². The molecule has 0 spiro atoms. The Kier molecular flexibility index (Phi) is 4.40. The molecule has 2 rings (SSSR count). The Balaban J connectivity index is 2.94. The van der Waals surface area contributed by atoms with Crippen molar-refractivity contribution < 1.29 is 34.4 Å². The largest absolute Gasteiger partial charge is 0.507 e. The summed E-state index contributed by atoms with van der Waals surface area (Å²) in [7, 11) is 2.45. The van der Waals surface area contributed by atoms with Gasteiger partial charge in [0, 0.05) is 11.1 Å². The van der Waals surface area contributed by atoms with Crippen molar-refractivity contribution in [3.8, 4) is 28.4 Å². The van der Waals surface area contributed by atoms with E-state index in [-0.39, 0.29) is 28.0 Å². The first-order valence-electron chi connectivity index (χ1n) is 6.46. The van der Waals surface area contributed by atoms with Crippen molar-refractivity contribution in [1.29, 1.82) is 0 Å². The van der Waals surface area contributed by atoms with E-state index in [0.717, 1.165) is 7.11 Å². The number of hydrogen-bond acceptors (Lipinski definition) is 6. The number of carboxylic acid groups (broad SMARTS) is 1. The van der Waals surface area contributed by atoms with Crippen molar-refractivity contribution >= 4 is 11.9 Å². The van der Waals surface area contributed by atoms with Crippen molar-refractivity contribution in [1.82, 2.24) is 0 Å². The summed E-state index contributed by atoms with van der Waals surface area (Å²) in [6.07, 6.45) is 0. The Morgan fingerprint density at radius 3 is 2.17 bits per heavy atom. The molecule has 0 unspecified atom stereocenters. The number of benzene rings is 2. The lowest BCUT2D eigenvalue weighted by Crippen LogP contribution is -2.09. The van der Waals surface area contributed by atoms with Crippen molar-refractivity contribution in [2.75, 3.05) is 14.2 Å². The molecule has 0 heterocycles. The number of phenols is 2. The van der Waals surface area contributed by atoms with Crippen LogP contribution in [0.25, 0.3) is 11.1 Å². The molecular formula is C16H14O7. The lowest BCUT2D eigenvalue weighted by molar-refractivity contribution is 0.0596. The highest BCUT2D eigenvalue weighted by atomic mass is 16.5. The van der Waals surface area contributed by atoms with Gasteiger partial charge >= 0.3 is 11.9 Å². The molecule has 2 aromatic rings. The Morgan fingerprint density at radius 1 is 0.957 bits per heavy atom. The molecule has 7 nitrogen and oxygen atoms in total. The maximum absolute atomic E-state index is 12.1. The number of rotatable bonds is 4. The van der Waals surface area contributed by atoms with Crippen molar-refractivity contribution in [2.24, 2.45) is 0 Å². The highest BCUT2D eigenvalue weighted by molar-refractivity contribution is 6.07. The van der Waals surface area contributed by atoms with Gasteiger partial charge in [-0.1, -0.05) is 6.07 Å². The molecule has 0 aliphatic rings. The lowest BCUT2D eigenvalue weighted by Gasteiger charge is -2.16. The SMILES string of the molecule is COC(=O)c1c(OC)ccc(O)c1-c1c(O)cccc1C(=O)O. The predicted molar refractivity (Wildman–Crippen MR) is 80.1 cm³/mol. The molecule has 0 fully saturated rings. The average molecular weight is 318 g/mol. The van der Waals surface area contributed by atoms with Crippen LogP contribution in [0.15, 0.2) is 30.3 Å². The van der Waals surface area contributed by atoms with Crippen LogP contribution in [-0.4, -0.2) is 41.5 Å². The first kappa shape index (κ1) is 16.2. The number of hydrogen-bond donors (Lipinski definition) is 3. The average Bonchev–Trinajstić information content (AvgIpc) is 2.54. The van der Waals surface area contributed by atoms with Gasteiger partial charge in [-0.05, 0) is 24.3 Å². The van der Waals surface area contributed by atoms with Gasteiger partial charge in [-0.15, -0.1) is 0 Å². The molecule has 0 aromatic heterocycles. The maximum atomic E-state index is 12.1. The van der Waals surface area contributed by atoms with Gasteiger partial charge in [-0.3, -0.25) is 0 Å². The zero-order valence-electron chi connectivity index (χ0n) is 12.4. The Morgan fingerprint density at radius 2 is 1.61 bits per heavy atom. The Bertz CT molecular complexity index is 780. The standard InChI is InChI=1S/C16H14O7/c1-22-11-7-6-10(18)13(14(11)16(21)23-2)12-8(15(19)20)4-3-5-9(12)17/h3-7,17-18H,1-2H3,(H,19,20). The molecule has 3 N–H and O–H groups in total. The number of methoxy groups -OCH3 is 2. The van der Waals surface area contributed by atoms with Crippen molar-refractivity contribution in [3.63, 3.8) is 0 Å². The van der Waals surface area contributed by atoms with Crippen LogP contribution in [0.3, 0.4) is 0 Å². The van der Waals surface area contributed by atoms with Gasteiger partial charge in [0.1, 0.15) is 22.8 Å². The second-order valence-electron chi connectivity index (χ2n) is 4.53. The fourth-order valence-corrected chi connectivity index (χ4v) is 2.28. The van der Waals surface area contributed by atoms with E-state index in [1.54, 1.807) is 0 Å². The van der Waals surface area contributed by atoms with Crippen LogP contribution < -0.4 is 4.74 Å². The summed E-state index contributed by atoms with van der Waals surface area (Å²) in [5.74, 6) is -2.89. The van der Waals surface area contributed by atoms with E-state index < -0.39 is 23.4 Å². The van der Waals surface area contributed by atoms with E-state index in [2.05, 4.69) is 4.74 Å². The van der Waals surface area contributed by atoms with Crippen molar-refractivity contribution in [3.05, 3.63) is 41.5 Å². The summed E-state index contributed by atoms with van der Waals surface area (Å²) >= 11 is 0. The molecule has 0 amide bonds. The number of carbonyl (C=O) groups excluding carboxylic acids is 1. The molecule has 0 radical (unpaired) electrons. The van der Waals surface area contributed by atoms with Crippen LogP contribution in [0.2, 0.25) is 0 Å². The molecule has 0 aliphatic heterocycles. The molecule has 23 heavy (non-hydrogen) atoms. The zero-order valence-corrected chi connectivity index (χ0v) is 12.4. The molecule has 0 atom stereocenters. The van der Waals surface area contributed by atoms with Gasteiger partial charge < -0.3 is 24.8 Å². The second kappa shape index (κ2) is 6.27. The fourth-order valence-electron chi connectivity index (χ4n) is 2.28. The summed E-state index contributed by atoms with van der Waals surface area (Å²) in [6.45, 7) is 0. The van der Waals surface area contributed by atoms with Gasteiger partial charge in [0.25, 0.3) is 0 Å². The van der Waals surface area contributed by atoms with Gasteiger partial charge in [0.2, 0.25) is 0 Å². The van der Waals surface area contributed by atoms with E-state index in [4.69, 9.17) is 4.74 Å². The maximum Gasteiger partial charge on any atom is 0.342 e. The quantitative estimate of drug-likeness (QED) is 0.741. The van der Waals surface area contributed by atoms with Gasteiger partial charge in [0.15, 0.2) is 0 Å². The van der Waals surface area contributed by atoms with Crippen LogP contribution in [-0.2, 0) is 4.74 Å². The third-order valence-corrected chi connectivity index (χ3v) is 3.28. The second-order valence-corrected chi connectivity index (χ2v) is 4.53. The third kappa shape index (κ3) is 2.76. The van der Waals surface area contributed by atoms with E-state index in [1.165, 1.54) is 37.4 Å². The Labute approximate surface area is 131 Å². The van der Waals surface area contributed by atoms with Crippen LogP contribution in [0.5, 0.6) is 17.2 Å². The normalized spacial score (nSPS) is 10.2. The Hall–Kier alpha value is -3.22. The number of phenolic OH excluding ortho intramolecular Hbond substituents is 2. The molecular weight excluding hydrogens is 304 g/mol. The monoisotopic (exact) mass is 318 g/mol. The van der Waals surface area contributed by atoms with Gasteiger partial charge in [-0.25, -0.2) is 9.59 Å². The molecule has 0 aliphatic carbocycles. The van der Waals surface area contributed by atoms with E-state index in [1.807, 2.05) is 0 Å². The number of aromatic hydroxyl groups is 2. The number of esters is 1.